The van der Waals surface area contributed by atoms with E-state index in [4.69, 9.17) is 10.4 Å². The molecule has 0 fully saturated rings. The summed E-state index contributed by atoms with van der Waals surface area (Å²) < 4.78 is 0. The molecular formula is C9H17NO. The van der Waals surface area contributed by atoms with Gasteiger partial charge in [0.25, 0.3) is 0 Å². The molecule has 0 amide bonds. The average molecular weight is 155 g/mol. The van der Waals surface area contributed by atoms with Gasteiger partial charge in [-0.1, -0.05) is 32.6 Å². The summed E-state index contributed by atoms with van der Waals surface area (Å²) in [5.74, 6) is 0. The van der Waals surface area contributed by atoms with Crippen LogP contribution in [0.25, 0.3) is 0 Å². The Bertz CT molecular complexity index is 117. The molecule has 0 aromatic carbocycles. The Morgan fingerprint density at radius 3 is 2.64 bits per heavy atom. The van der Waals surface area contributed by atoms with Crippen LogP contribution in [0.15, 0.2) is 0 Å². The molecule has 11 heavy (non-hydrogen) atoms. The fraction of sp³-hybridized carbons (Fsp3) is 0.889. The molecule has 0 heterocycles. The van der Waals surface area contributed by atoms with Crippen LogP contribution in [0.4, 0.5) is 0 Å². The van der Waals surface area contributed by atoms with Crippen molar-refractivity contribution in [2.24, 2.45) is 0 Å². The maximum absolute atomic E-state index is 9.13. The van der Waals surface area contributed by atoms with Crippen molar-refractivity contribution in [1.82, 2.24) is 0 Å². The lowest BCUT2D eigenvalue weighted by Gasteiger charge is -2.04. The summed E-state index contributed by atoms with van der Waals surface area (Å²) in [6.45, 7) is 2.16. The van der Waals surface area contributed by atoms with Crippen molar-refractivity contribution in [3.8, 4) is 6.07 Å². The predicted octanol–water partition coefficient (Wildman–Crippen LogP) is 2.23. The maximum atomic E-state index is 9.13. The topological polar surface area (TPSA) is 44.0 Å². The predicted molar refractivity (Wildman–Crippen MR) is 45.0 cm³/mol. The van der Waals surface area contributed by atoms with Crippen LogP contribution < -0.4 is 0 Å². The summed E-state index contributed by atoms with van der Waals surface area (Å²) in [6, 6.07) is 1.96. The summed E-state index contributed by atoms with van der Waals surface area (Å²) in [5, 5.41) is 17.4. The molecule has 1 atom stereocenters. The van der Waals surface area contributed by atoms with Crippen LogP contribution in [0, 0.1) is 11.3 Å². The molecule has 0 aromatic heterocycles. The number of nitriles is 1. The van der Waals surface area contributed by atoms with E-state index in [0.717, 1.165) is 12.8 Å². The highest BCUT2D eigenvalue weighted by Gasteiger charge is 2.01. The number of hydrogen-bond donors (Lipinski definition) is 1. The Morgan fingerprint density at radius 1 is 1.36 bits per heavy atom. The lowest BCUT2D eigenvalue weighted by Crippen LogP contribution is -2.04. The van der Waals surface area contributed by atoms with Gasteiger partial charge in [0, 0.05) is 0 Å². The molecule has 0 aliphatic rings. The molecular weight excluding hydrogens is 138 g/mol. The number of hydrogen-bond acceptors (Lipinski definition) is 2. The zero-order valence-corrected chi connectivity index (χ0v) is 7.21. The van der Waals surface area contributed by atoms with Gasteiger partial charge in [-0.05, 0) is 6.42 Å². The van der Waals surface area contributed by atoms with Crippen molar-refractivity contribution in [1.29, 1.82) is 5.26 Å². The van der Waals surface area contributed by atoms with Gasteiger partial charge in [-0.25, -0.2) is 0 Å². The SMILES string of the molecule is CCCCCC[C@H](O)CC#N. The summed E-state index contributed by atoms with van der Waals surface area (Å²) in [7, 11) is 0. The molecule has 0 unspecified atom stereocenters. The average Bonchev–Trinajstić information content (AvgIpc) is 1.99. The van der Waals surface area contributed by atoms with Gasteiger partial charge in [-0.2, -0.15) is 5.26 Å². The van der Waals surface area contributed by atoms with E-state index in [1.54, 1.807) is 0 Å². The molecule has 2 heteroatoms. The van der Waals surface area contributed by atoms with Gasteiger partial charge in [-0.3, -0.25) is 0 Å². The molecule has 64 valence electrons. The van der Waals surface area contributed by atoms with Gasteiger partial charge in [-0.15, -0.1) is 0 Å². The monoisotopic (exact) mass is 155 g/mol. The summed E-state index contributed by atoms with van der Waals surface area (Å²) in [5.41, 5.74) is 0. The van der Waals surface area contributed by atoms with Gasteiger partial charge in [0.2, 0.25) is 0 Å². The first-order valence-electron chi connectivity index (χ1n) is 4.36. The third-order valence-electron chi connectivity index (χ3n) is 1.72. The van der Waals surface area contributed by atoms with E-state index < -0.39 is 6.10 Å². The molecule has 0 aliphatic heterocycles. The maximum Gasteiger partial charge on any atom is 0.0670 e. The van der Waals surface area contributed by atoms with Crippen molar-refractivity contribution in [3.05, 3.63) is 0 Å². The van der Waals surface area contributed by atoms with E-state index in [-0.39, 0.29) is 6.42 Å². The van der Waals surface area contributed by atoms with Gasteiger partial charge in [0.15, 0.2) is 0 Å². The molecule has 0 spiro atoms. The molecule has 0 aliphatic carbocycles. The Labute approximate surface area is 68.8 Å². The smallest absolute Gasteiger partial charge is 0.0670 e. The summed E-state index contributed by atoms with van der Waals surface area (Å²) in [4.78, 5) is 0. The zero-order valence-electron chi connectivity index (χ0n) is 7.21. The fourth-order valence-corrected chi connectivity index (χ4v) is 1.01. The second-order valence-electron chi connectivity index (χ2n) is 2.87. The number of aliphatic hydroxyl groups excluding tert-OH is 1. The quantitative estimate of drug-likeness (QED) is 0.598. The van der Waals surface area contributed by atoms with Crippen LogP contribution in [-0.4, -0.2) is 11.2 Å². The summed E-state index contributed by atoms with van der Waals surface area (Å²) in [6.07, 6.45) is 5.36. The van der Waals surface area contributed by atoms with Crippen LogP contribution >= 0.6 is 0 Å². The first-order chi connectivity index (χ1) is 5.31. The lowest BCUT2D eigenvalue weighted by atomic mass is 10.1. The van der Waals surface area contributed by atoms with Gasteiger partial charge < -0.3 is 5.11 Å². The number of rotatable bonds is 6. The first kappa shape index (κ1) is 10.4. The molecule has 0 rings (SSSR count). The highest BCUT2D eigenvalue weighted by Crippen LogP contribution is 2.06. The van der Waals surface area contributed by atoms with E-state index in [1.165, 1.54) is 19.3 Å². The number of aliphatic hydroxyl groups is 1. The molecule has 0 radical (unpaired) electrons. The van der Waals surface area contributed by atoms with Gasteiger partial charge in [0.1, 0.15) is 0 Å². The third kappa shape index (κ3) is 7.35. The number of nitrogens with zero attached hydrogens (tertiary/aromatic N) is 1. The minimum atomic E-state index is -0.392. The number of unbranched alkanes of at least 4 members (excludes halogenated alkanes) is 3. The molecule has 1 N–H and O–H groups in total. The lowest BCUT2D eigenvalue weighted by molar-refractivity contribution is 0.165. The molecule has 0 saturated heterocycles. The Balaban J connectivity index is 3.05. The Morgan fingerprint density at radius 2 is 2.09 bits per heavy atom. The van der Waals surface area contributed by atoms with E-state index in [0.29, 0.717) is 0 Å². The zero-order chi connectivity index (χ0) is 8.53. The van der Waals surface area contributed by atoms with E-state index in [2.05, 4.69) is 6.92 Å². The first-order valence-corrected chi connectivity index (χ1v) is 4.36. The second-order valence-corrected chi connectivity index (χ2v) is 2.87. The molecule has 0 aromatic rings. The Hall–Kier alpha value is -0.550. The van der Waals surface area contributed by atoms with Gasteiger partial charge in [0.05, 0.1) is 18.6 Å². The fourth-order valence-electron chi connectivity index (χ4n) is 1.01. The van der Waals surface area contributed by atoms with Gasteiger partial charge >= 0.3 is 0 Å². The molecule has 2 nitrogen and oxygen atoms in total. The minimum Gasteiger partial charge on any atom is -0.392 e. The Kier molecular flexibility index (Phi) is 7.18. The van der Waals surface area contributed by atoms with Crippen molar-refractivity contribution in [2.45, 2.75) is 51.6 Å². The minimum absolute atomic E-state index is 0.284. The molecule has 0 bridgehead atoms. The van der Waals surface area contributed by atoms with E-state index in [1.807, 2.05) is 6.07 Å². The van der Waals surface area contributed by atoms with Crippen molar-refractivity contribution >= 4 is 0 Å². The van der Waals surface area contributed by atoms with Crippen molar-refractivity contribution < 1.29 is 5.11 Å². The molecule has 0 saturated carbocycles. The highest BCUT2D eigenvalue weighted by atomic mass is 16.3. The highest BCUT2D eigenvalue weighted by molar-refractivity contribution is 4.74. The summed E-state index contributed by atoms with van der Waals surface area (Å²) >= 11 is 0. The largest absolute Gasteiger partial charge is 0.392 e. The van der Waals surface area contributed by atoms with Crippen LogP contribution in [-0.2, 0) is 0 Å². The van der Waals surface area contributed by atoms with Crippen LogP contribution in [0.1, 0.15) is 45.4 Å². The van der Waals surface area contributed by atoms with Crippen LogP contribution in [0.2, 0.25) is 0 Å². The van der Waals surface area contributed by atoms with E-state index in [9.17, 15) is 0 Å². The van der Waals surface area contributed by atoms with Crippen molar-refractivity contribution in [2.75, 3.05) is 0 Å². The van der Waals surface area contributed by atoms with Crippen LogP contribution in [0.3, 0.4) is 0 Å². The standard InChI is InChI=1S/C9H17NO/c1-2-3-4-5-6-9(11)7-8-10/h9,11H,2-7H2,1H3/t9-/m0/s1. The van der Waals surface area contributed by atoms with Crippen LogP contribution in [0.5, 0.6) is 0 Å². The normalized spacial score (nSPS) is 12.5. The van der Waals surface area contributed by atoms with E-state index >= 15 is 0 Å². The van der Waals surface area contributed by atoms with Crippen molar-refractivity contribution in [3.63, 3.8) is 0 Å². The second kappa shape index (κ2) is 7.56. The third-order valence-corrected chi connectivity index (χ3v) is 1.72.